The van der Waals surface area contributed by atoms with Crippen LogP contribution in [0.4, 0.5) is 0 Å². The van der Waals surface area contributed by atoms with Crippen molar-refractivity contribution in [2.24, 2.45) is 5.92 Å². The number of ether oxygens (including phenoxy) is 1. The average molecular weight is 401 g/mol. The smallest absolute Gasteiger partial charge is 0.290 e. The van der Waals surface area contributed by atoms with Gasteiger partial charge in [-0.15, -0.1) is 0 Å². The molecule has 1 aromatic carbocycles. The van der Waals surface area contributed by atoms with Crippen LogP contribution in [0.5, 0.6) is 5.75 Å². The minimum atomic E-state index is -0.558. The number of ketones is 1. The second kappa shape index (κ2) is 9.44. The van der Waals surface area contributed by atoms with Crippen LogP contribution >= 0.6 is 0 Å². The summed E-state index contributed by atoms with van der Waals surface area (Å²) >= 11 is 0. The van der Waals surface area contributed by atoms with E-state index >= 15 is 0 Å². The molecule has 1 saturated heterocycles. The standard InChI is InChI=1S/C23H32N2O4/c1-4-29-18-10-8-17(9-11-18)20-19(21(26)16(2)3)22(27)23(28)25(20)15-14-24-12-6-5-7-13-24/h8-11,16,20,27H,4-7,12-15H2,1-3H3. The van der Waals surface area contributed by atoms with E-state index in [2.05, 4.69) is 4.90 Å². The highest BCUT2D eigenvalue weighted by molar-refractivity contribution is 6.09. The fraction of sp³-hybridized carbons (Fsp3) is 0.565. The Morgan fingerprint density at radius 1 is 1.14 bits per heavy atom. The first-order valence-corrected chi connectivity index (χ1v) is 10.7. The zero-order chi connectivity index (χ0) is 21.0. The van der Waals surface area contributed by atoms with E-state index in [0.29, 0.717) is 13.2 Å². The second-order valence-corrected chi connectivity index (χ2v) is 8.09. The van der Waals surface area contributed by atoms with Gasteiger partial charge >= 0.3 is 0 Å². The maximum absolute atomic E-state index is 12.9. The van der Waals surface area contributed by atoms with Gasteiger partial charge in [0.15, 0.2) is 11.5 Å². The molecule has 158 valence electrons. The Kier molecular flexibility index (Phi) is 6.96. The molecule has 0 radical (unpaired) electrons. The number of aliphatic hydroxyl groups is 1. The lowest BCUT2D eigenvalue weighted by atomic mass is 9.91. The minimum Gasteiger partial charge on any atom is -0.503 e. The van der Waals surface area contributed by atoms with Crippen LogP contribution in [0.3, 0.4) is 0 Å². The Balaban J connectivity index is 1.88. The molecule has 2 heterocycles. The van der Waals surface area contributed by atoms with Crippen molar-refractivity contribution in [3.05, 3.63) is 41.2 Å². The van der Waals surface area contributed by atoms with Crippen LogP contribution in [0.15, 0.2) is 35.6 Å². The number of nitrogens with zero attached hydrogens (tertiary/aromatic N) is 2. The predicted molar refractivity (Wildman–Crippen MR) is 112 cm³/mol. The van der Waals surface area contributed by atoms with Gasteiger partial charge in [0, 0.05) is 19.0 Å². The Morgan fingerprint density at radius 3 is 2.38 bits per heavy atom. The summed E-state index contributed by atoms with van der Waals surface area (Å²) in [5.74, 6) is -0.598. The van der Waals surface area contributed by atoms with Crippen LogP contribution in [0.25, 0.3) is 0 Å². The van der Waals surface area contributed by atoms with E-state index in [4.69, 9.17) is 4.74 Å². The third-order valence-corrected chi connectivity index (χ3v) is 5.71. The molecule has 1 unspecified atom stereocenters. The number of piperidine rings is 1. The van der Waals surface area contributed by atoms with E-state index < -0.39 is 17.7 Å². The van der Waals surface area contributed by atoms with E-state index in [1.54, 1.807) is 18.7 Å². The highest BCUT2D eigenvalue weighted by atomic mass is 16.5. The van der Waals surface area contributed by atoms with Gasteiger partial charge in [0.05, 0.1) is 18.2 Å². The zero-order valence-electron chi connectivity index (χ0n) is 17.7. The van der Waals surface area contributed by atoms with E-state index in [1.807, 2.05) is 31.2 Å². The lowest BCUT2D eigenvalue weighted by Gasteiger charge is -2.32. The fourth-order valence-electron chi connectivity index (χ4n) is 4.14. The van der Waals surface area contributed by atoms with Crippen molar-refractivity contribution < 1.29 is 19.4 Å². The molecule has 1 aromatic rings. The number of Topliss-reactive ketones (excluding diaryl/α,β-unsaturated/α-hetero) is 1. The fourth-order valence-corrected chi connectivity index (χ4v) is 4.14. The van der Waals surface area contributed by atoms with Crippen LogP contribution in [-0.4, -0.2) is 59.4 Å². The third-order valence-electron chi connectivity index (χ3n) is 5.71. The highest BCUT2D eigenvalue weighted by Gasteiger charge is 2.43. The number of carbonyl (C=O) groups is 2. The first-order valence-electron chi connectivity index (χ1n) is 10.7. The van der Waals surface area contributed by atoms with Gasteiger partial charge in [-0.3, -0.25) is 9.59 Å². The summed E-state index contributed by atoms with van der Waals surface area (Å²) in [7, 11) is 0. The maximum Gasteiger partial charge on any atom is 0.290 e. The molecule has 1 atom stereocenters. The first-order chi connectivity index (χ1) is 13.9. The molecule has 3 rings (SSSR count). The average Bonchev–Trinajstić information content (AvgIpc) is 2.98. The van der Waals surface area contributed by atoms with Crippen LogP contribution < -0.4 is 4.74 Å². The summed E-state index contributed by atoms with van der Waals surface area (Å²) in [6.07, 6.45) is 3.61. The molecule has 0 bridgehead atoms. The zero-order valence-corrected chi connectivity index (χ0v) is 17.7. The van der Waals surface area contributed by atoms with E-state index in [9.17, 15) is 14.7 Å². The van der Waals surface area contributed by atoms with Crippen molar-refractivity contribution in [1.82, 2.24) is 9.80 Å². The summed E-state index contributed by atoms with van der Waals surface area (Å²) < 4.78 is 5.52. The molecular formula is C23H32N2O4. The molecular weight excluding hydrogens is 368 g/mol. The minimum absolute atomic E-state index is 0.185. The first kappa shape index (κ1) is 21.4. The van der Waals surface area contributed by atoms with Crippen molar-refractivity contribution in [1.29, 1.82) is 0 Å². The molecule has 0 aromatic heterocycles. The van der Waals surface area contributed by atoms with E-state index in [-0.39, 0.29) is 17.3 Å². The topological polar surface area (TPSA) is 70.1 Å². The predicted octanol–water partition coefficient (Wildman–Crippen LogP) is 3.49. The van der Waals surface area contributed by atoms with E-state index in [0.717, 1.165) is 30.9 Å². The Labute approximate surface area is 173 Å². The van der Waals surface area contributed by atoms with Gasteiger partial charge in [0.1, 0.15) is 5.75 Å². The molecule has 0 spiro atoms. The number of amides is 1. The van der Waals surface area contributed by atoms with Gasteiger partial charge in [-0.05, 0) is 50.6 Å². The quantitative estimate of drug-likeness (QED) is 0.723. The molecule has 1 N–H and O–H groups in total. The molecule has 0 saturated carbocycles. The molecule has 1 fully saturated rings. The summed E-state index contributed by atoms with van der Waals surface area (Å²) in [5, 5.41) is 10.6. The van der Waals surface area contributed by atoms with Crippen LogP contribution in [-0.2, 0) is 9.59 Å². The second-order valence-electron chi connectivity index (χ2n) is 8.09. The molecule has 6 heteroatoms. The molecule has 29 heavy (non-hydrogen) atoms. The Bertz CT molecular complexity index is 764. The van der Waals surface area contributed by atoms with Crippen molar-refractivity contribution in [2.45, 2.75) is 46.1 Å². The number of rotatable bonds is 8. The third kappa shape index (κ3) is 4.64. The molecule has 2 aliphatic rings. The van der Waals surface area contributed by atoms with Gasteiger partial charge < -0.3 is 19.6 Å². The normalized spacial score (nSPS) is 20.6. The monoisotopic (exact) mass is 400 g/mol. The van der Waals surface area contributed by atoms with Crippen molar-refractivity contribution in [3.63, 3.8) is 0 Å². The number of carbonyl (C=O) groups excluding carboxylic acids is 2. The molecule has 6 nitrogen and oxygen atoms in total. The number of aliphatic hydroxyl groups excluding tert-OH is 1. The van der Waals surface area contributed by atoms with Gasteiger partial charge in [-0.1, -0.05) is 32.4 Å². The van der Waals surface area contributed by atoms with Crippen molar-refractivity contribution >= 4 is 11.7 Å². The van der Waals surface area contributed by atoms with Crippen LogP contribution in [0.2, 0.25) is 0 Å². The van der Waals surface area contributed by atoms with Gasteiger partial charge in [-0.25, -0.2) is 0 Å². The van der Waals surface area contributed by atoms with Gasteiger partial charge in [0.25, 0.3) is 5.91 Å². The summed E-state index contributed by atoms with van der Waals surface area (Å²) in [4.78, 5) is 29.8. The van der Waals surface area contributed by atoms with Crippen LogP contribution in [0.1, 0.15) is 51.6 Å². The number of hydrogen-bond acceptors (Lipinski definition) is 5. The summed E-state index contributed by atoms with van der Waals surface area (Å²) in [6.45, 7) is 9.37. The maximum atomic E-state index is 12.9. The number of hydrogen-bond donors (Lipinski definition) is 1. The van der Waals surface area contributed by atoms with Gasteiger partial charge in [0.2, 0.25) is 0 Å². The molecule has 0 aliphatic carbocycles. The lowest BCUT2D eigenvalue weighted by Crippen LogP contribution is -2.40. The highest BCUT2D eigenvalue weighted by Crippen LogP contribution is 2.39. The molecule has 2 aliphatic heterocycles. The lowest BCUT2D eigenvalue weighted by molar-refractivity contribution is -0.129. The van der Waals surface area contributed by atoms with Gasteiger partial charge in [-0.2, -0.15) is 0 Å². The number of benzene rings is 1. The SMILES string of the molecule is CCOc1ccc(C2C(C(=O)C(C)C)=C(O)C(=O)N2CCN2CCCCC2)cc1. The van der Waals surface area contributed by atoms with E-state index in [1.165, 1.54) is 19.3 Å². The van der Waals surface area contributed by atoms with Crippen LogP contribution in [0, 0.1) is 5.92 Å². The largest absolute Gasteiger partial charge is 0.503 e. The summed E-state index contributed by atoms with van der Waals surface area (Å²) in [6, 6.07) is 6.89. The van der Waals surface area contributed by atoms with Crippen molar-refractivity contribution in [2.75, 3.05) is 32.8 Å². The van der Waals surface area contributed by atoms with Crippen molar-refractivity contribution in [3.8, 4) is 5.75 Å². The Morgan fingerprint density at radius 2 is 1.79 bits per heavy atom. The number of likely N-dealkylation sites (tertiary alicyclic amines) is 1. The Hall–Kier alpha value is -2.34. The summed E-state index contributed by atoms with van der Waals surface area (Å²) in [5.41, 5.74) is 1.03. The molecule has 1 amide bonds.